The monoisotopic (exact) mass is 326 g/mol. The number of nitrogens with one attached hydrogen (secondary N) is 2. The van der Waals surface area contributed by atoms with Crippen molar-refractivity contribution in [1.29, 1.82) is 0 Å². The summed E-state index contributed by atoms with van der Waals surface area (Å²) in [6.45, 7) is 4.25. The first-order valence-corrected chi connectivity index (χ1v) is 7.75. The highest BCUT2D eigenvalue weighted by Gasteiger charge is 2.10. The topological polar surface area (TPSA) is 67.4 Å². The Morgan fingerprint density at radius 1 is 1.04 bits per heavy atom. The molecule has 0 aliphatic carbocycles. The van der Waals surface area contributed by atoms with Crippen molar-refractivity contribution in [3.8, 4) is 5.75 Å². The molecule has 0 spiro atoms. The van der Waals surface area contributed by atoms with Gasteiger partial charge >= 0.3 is 0 Å². The molecular formula is C19H22N2O3. The molecule has 5 nitrogen and oxygen atoms in total. The second-order valence-electron chi connectivity index (χ2n) is 5.60. The lowest BCUT2D eigenvalue weighted by atomic mass is 10.1. The van der Waals surface area contributed by atoms with E-state index in [1.165, 1.54) is 0 Å². The second kappa shape index (κ2) is 8.15. The molecule has 0 aliphatic rings. The Bertz CT molecular complexity index is 727. The van der Waals surface area contributed by atoms with Crippen molar-refractivity contribution in [2.24, 2.45) is 0 Å². The van der Waals surface area contributed by atoms with Gasteiger partial charge in [0.25, 0.3) is 5.91 Å². The van der Waals surface area contributed by atoms with Gasteiger partial charge in [-0.3, -0.25) is 9.59 Å². The van der Waals surface area contributed by atoms with Crippen LogP contribution < -0.4 is 15.4 Å². The summed E-state index contributed by atoms with van der Waals surface area (Å²) in [7, 11) is 1.61. The molecule has 0 saturated carbocycles. The number of ether oxygens (including phenoxy) is 1. The molecule has 24 heavy (non-hydrogen) atoms. The van der Waals surface area contributed by atoms with E-state index in [9.17, 15) is 9.59 Å². The molecule has 2 rings (SSSR count). The average Bonchev–Trinajstić information content (AvgIpc) is 2.58. The highest BCUT2D eigenvalue weighted by atomic mass is 16.5. The van der Waals surface area contributed by atoms with Gasteiger partial charge in [-0.05, 0) is 31.5 Å². The van der Waals surface area contributed by atoms with E-state index in [-0.39, 0.29) is 18.4 Å². The third kappa shape index (κ3) is 4.59. The van der Waals surface area contributed by atoms with E-state index < -0.39 is 0 Å². The molecule has 0 aromatic heterocycles. The number of rotatable bonds is 6. The molecule has 5 heteroatoms. The molecule has 2 aromatic carbocycles. The molecule has 0 unspecified atom stereocenters. The second-order valence-corrected chi connectivity index (χ2v) is 5.60. The smallest absolute Gasteiger partial charge is 0.251 e. The number of benzene rings is 2. The van der Waals surface area contributed by atoms with E-state index in [0.717, 1.165) is 22.4 Å². The van der Waals surface area contributed by atoms with E-state index in [4.69, 9.17) is 4.74 Å². The van der Waals surface area contributed by atoms with Gasteiger partial charge in [0, 0.05) is 17.7 Å². The summed E-state index contributed by atoms with van der Waals surface area (Å²) in [4.78, 5) is 23.9. The Labute approximate surface area is 142 Å². The molecule has 0 bridgehead atoms. The summed E-state index contributed by atoms with van der Waals surface area (Å²) >= 11 is 0. The molecule has 0 heterocycles. The van der Waals surface area contributed by atoms with Crippen molar-refractivity contribution in [2.75, 3.05) is 13.7 Å². The van der Waals surface area contributed by atoms with Crippen LogP contribution in [0, 0.1) is 13.8 Å². The Balaban J connectivity index is 1.89. The number of methoxy groups -OCH3 is 1. The van der Waals surface area contributed by atoms with Crippen LogP contribution in [0.25, 0.3) is 0 Å². The lowest BCUT2D eigenvalue weighted by Gasteiger charge is -2.14. The maximum atomic E-state index is 12.0. The van der Waals surface area contributed by atoms with Crippen molar-refractivity contribution in [3.05, 3.63) is 64.7 Å². The van der Waals surface area contributed by atoms with Gasteiger partial charge in [-0.1, -0.05) is 35.9 Å². The maximum absolute atomic E-state index is 12.0. The van der Waals surface area contributed by atoms with Gasteiger partial charge in [0.1, 0.15) is 5.75 Å². The molecule has 0 saturated heterocycles. The van der Waals surface area contributed by atoms with E-state index in [1.54, 1.807) is 31.4 Å². The number of aryl methyl sites for hydroxylation is 2. The van der Waals surface area contributed by atoms with Gasteiger partial charge in [0.15, 0.2) is 0 Å². The van der Waals surface area contributed by atoms with Crippen molar-refractivity contribution < 1.29 is 14.3 Å². The molecular weight excluding hydrogens is 304 g/mol. The molecule has 0 aliphatic heterocycles. The minimum Gasteiger partial charge on any atom is -0.496 e. The Morgan fingerprint density at radius 2 is 1.75 bits per heavy atom. The third-order valence-corrected chi connectivity index (χ3v) is 3.62. The quantitative estimate of drug-likeness (QED) is 0.856. The highest BCUT2D eigenvalue weighted by Crippen LogP contribution is 2.24. The predicted octanol–water partition coefficient (Wildman–Crippen LogP) is 2.36. The van der Waals surface area contributed by atoms with Gasteiger partial charge in [0.2, 0.25) is 5.91 Å². The molecule has 0 radical (unpaired) electrons. The zero-order valence-electron chi connectivity index (χ0n) is 14.2. The zero-order chi connectivity index (χ0) is 17.5. The van der Waals surface area contributed by atoms with E-state index in [0.29, 0.717) is 12.1 Å². The highest BCUT2D eigenvalue weighted by molar-refractivity contribution is 5.96. The summed E-state index contributed by atoms with van der Waals surface area (Å²) in [5.74, 6) is 0.254. The summed E-state index contributed by atoms with van der Waals surface area (Å²) in [5, 5.41) is 5.41. The van der Waals surface area contributed by atoms with E-state index >= 15 is 0 Å². The van der Waals surface area contributed by atoms with Crippen LogP contribution in [0.15, 0.2) is 42.5 Å². The fourth-order valence-electron chi connectivity index (χ4n) is 2.57. The van der Waals surface area contributed by atoms with Crippen LogP contribution in [0.3, 0.4) is 0 Å². The van der Waals surface area contributed by atoms with Crippen LogP contribution in [0.4, 0.5) is 0 Å². The molecule has 2 aromatic rings. The third-order valence-electron chi connectivity index (χ3n) is 3.62. The Hall–Kier alpha value is -2.82. The van der Waals surface area contributed by atoms with E-state index in [2.05, 4.69) is 10.6 Å². The number of hydrogen-bond donors (Lipinski definition) is 2. The van der Waals surface area contributed by atoms with Crippen LogP contribution in [0.5, 0.6) is 5.75 Å². The molecule has 2 amide bonds. The first-order chi connectivity index (χ1) is 11.5. The largest absolute Gasteiger partial charge is 0.496 e. The minimum absolute atomic E-state index is 0.0686. The molecule has 126 valence electrons. The summed E-state index contributed by atoms with van der Waals surface area (Å²) in [6, 6.07) is 12.8. The fourth-order valence-corrected chi connectivity index (χ4v) is 2.57. The molecule has 2 N–H and O–H groups in total. The van der Waals surface area contributed by atoms with Crippen molar-refractivity contribution >= 4 is 11.8 Å². The van der Waals surface area contributed by atoms with Crippen LogP contribution >= 0.6 is 0 Å². The van der Waals surface area contributed by atoms with E-state index in [1.807, 2.05) is 32.0 Å². The van der Waals surface area contributed by atoms with Crippen LogP contribution in [0.2, 0.25) is 0 Å². The predicted molar refractivity (Wildman–Crippen MR) is 93.1 cm³/mol. The lowest BCUT2D eigenvalue weighted by molar-refractivity contribution is -0.120. The van der Waals surface area contributed by atoms with Crippen LogP contribution in [0.1, 0.15) is 27.0 Å². The maximum Gasteiger partial charge on any atom is 0.251 e. The molecule has 0 atom stereocenters. The van der Waals surface area contributed by atoms with Gasteiger partial charge in [-0.15, -0.1) is 0 Å². The van der Waals surface area contributed by atoms with Gasteiger partial charge in [0.05, 0.1) is 13.7 Å². The summed E-state index contributed by atoms with van der Waals surface area (Å²) in [5.41, 5.74) is 3.58. The van der Waals surface area contributed by atoms with Crippen LogP contribution in [-0.2, 0) is 11.3 Å². The SMILES string of the molecule is COc1c(C)cc(C)cc1CNC(=O)CNC(=O)c1ccccc1. The number of amides is 2. The zero-order valence-corrected chi connectivity index (χ0v) is 14.2. The molecule has 0 fully saturated rings. The summed E-state index contributed by atoms with van der Waals surface area (Å²) in [6.07, 6.45) is 0. The lowest BCUT2D eigenvalue weighted by Crippen LogP contribution is -2.36. The van der Waals surface area contributed by atoms with Gasteiger partial charge < -0.3 is 15.4 Å². The number of carbonyl (C=O) groups is 2. The van der Waals surface area contributed by atoms with Crippen molar-refractivity contribution in [1.82, 2.24) is 10.6 Å². The number of carbonyl (C=O) groups excluding carboxylic acids is 2. The first kappa shape index (κ1) is 17.5. The Morgan fingerprint density at radius 3 is 2.42 bits per heavy atom. The first-order valence-electron chi connectivity index (χ1n) is 7.75. The summed E-state index contributed by atoms with van der Waals surface area (Å²) < 4.78 is 5.40. The number of hydrogen-bond acceptors (Lipinski definition) is 3. The fraction of sp³-hybridized carbons (Fsp3) is 0.263. The van der Waals surface area contributed by atoms with Crippen LogP contribution in [-0.4, -0.2) is 25.5 Å². The van der Waals surface area contributed by atoms with Gasteiger partial charge in [-0.25, -0.2) is 0 Å². The normalized spacial score (nSPS) is 10.1. The Kier molecular flexibility index (Phi) is 5.95. The standard InChI is InChI=1S/C19H22N2O3/c1-13-9-14(2)18(24-3)16(10-13)11-20-17(22)12-21-19(23)15-7-5-4-6-8-15/h4-10H,11-12H2,1-3H3,(H,20,22)(H,21,23). The average molecular weight is 326 g/mol. The van der Waals surface area contributed by atoms with Gasteiger partial charge in [-0.2, -0.15) is 0 Å². The van der Waals surface area contributed by atoms with Crippen molar-refractivity contribution in [3.63, 3.8) is 0 Å². The van der Waals surface area contributed by atoms with Crippen molar-refractivity contribution in [2.45, 2.75) is 20.4 Å². The minimum atomic E-state index is -0.269.